The Kier molecular flexibility index (Phi) is 4.87. The summed E-state index contributed by atoms with van der Waals surface area (Å²) in [6.07, 6.45) is 3.54. The number of urea groups is 1. The largest absolute Gasteiger partial charge is 0.352 e. The molecule has 3 aromatic rings. The fourth-order valence-corrected chi connectivity index (χ4v) is 3.71. The molecule has 2 aromatic heterocycles. The van der Waals surface area contributed by atoms with Crippen molar-refractivity contribution in [2.75, 3.05) is 29.9 Å². The molecule has 1 aromatic carbocycles. The van der Waals surface area contributed by atoms with Gasteiger partial charge in [-0.25, -0.2) is 14.8 Å². The van der Waals surface area contributed by atoms with E-state index >= 15 is 0 Å². The van der Waals surface area contributed by atoms with Crippen molar-refractivity contribution in [3.63, 3.8) is 0 Å². The molecule has 0 saturated carbocycles. The van der Waals surface area contributed by atoms with E-state index in [0.29, 0.717) is 13.1 Å². The van der Waals surface area contributed by atoms with Gasteiger partial charge in [-0.3, -0.25) is 0 Å². The lowest BCUT2D eigenvalue weighted by atomic mass is 10.1. The average Bonchev–Trinajstić information content (AvgIpc) is 3.09. The predicted octanol–water partition coefficient (Wildman–Crippen LogP) is 2.47. The molecule has 28 heavy (non-hydrogen) atoms. The van der Waals surface area contributed by atoms with Gasteiger partial charge in [0.05, 0.1) is 5.39 Å². The summed E-state index contributed by atoms with van der Waals surface area (Å²) >= 11 is 0. The van der Waals surface area contributed by atoms with Crippen LogP contribution in [-0.4, -0.2) is 51.6 Å². The minimum atomic E-state index is -0.0849. The van der Waals surface area contributed by atoms with Gasteiger partial charge in [0.25, 0.3) is 0 Å². The summed E-state index contributed by atoms with van der Waals surface area (Å²) in [4.78, 5) is 28.8. The molecule has 0 unspecified atom stereocenters. The smallest absolute Gasteiger partial charge is 0.322 e. The monoisotopic (exact) mass is 379 g/mol. The van der Waals surface area contributed by atoms with E-state index in [1.54, 1.807) is 6.33 Å². The van der Waals surface area contributed by atoms with Gasteiger partial charge < -0.3 is 25.8 Å². The van der Waals surface area contributed by atoms with Gasteiger partial charge in [-0.15, -0.1) is 0 Å². The molecule has 4 N–H and O–H groups in total. The Balaban J connectivity index is 1.46. The second-order valence-electron chi connectivity index (χ2n) is 7.21. The first kappa shape index (κ1) is 18.2. The molecule has 4 rings (SSSR count). The van der Waals surface area contributed by atoms with E-state index < -0.39 is 0 Å². The van der Waals surface area contributed by atoms with Crippen LogP contribution in [0.3, 0.4) is 0 Å². The van der Waals surface area contributed by atoms with Gasteiger partial charge >= 0.3 is 6.03 Å². The minimum absolute atomic E-state index is 0.0568. The van der Waals surface area contributed by atoms with Crippen LogP contribution in [0.5, 0.6) is 0 Å². The van der Waals surface area contributed by atoms with Gasteiger partial charge in [0.2, 0.25) is 0 Å². The topological polar surface area (TPSA) is 103 Å². The number of nitrogens with zero attached hydrogens (tertiary/aromatic N) is 4. The Morgan fingerprint density at radius 1 is 1.29 bits per heavy atom. The van der Waals surface area contributed by atoms with E-state index in [0.717, 1.165) is 46.8 Å². The molecule has 0 radical (unpaired) electrons. The van der Waals surface area contributed by atoms with Crippen molar-refractivity contribution in [3.8, 4) is 0 Å². The van der Waals surface area contributed by atoms with Crippen molar-refractivity contribution in [3.05, 3.63) is 47.9 Å². The highest BCUT2D eigenvalue weighted by molar-refractivity contribution is 5.91. The molecule has 0 spiro atoms. The molecule has 8 nitrogen and oxygen atoms in total. The van der Waals surface area contributed by atoms with E-state index in [2.05, 4.69) is 39.0 Å². The number of hydrogen-bond acceptors (Lipinski definition) is 5. The number of nitrogens with two attached hydrogens (primary N) is 1. The molecule has 146 valence electrons. The molecule has 3 heterocycles. The number of amides is 2. The molecule has 1 atom stereocenters. The van der Waals surface area contributed by atoms with E-state index in [-0.39, 0.29) is 12.1 Å². The Morgan fingerprint density at radius 3 is 2.79 bits per heavy atom. The first-order valence-corrected chi connectivity index (χ1v) is 9.47. The van der Waals surface area contributed by atoms with E-state index in [1.165, 1.54) is 0 Å². The average molecular weight is 379 g/mol. The maximum atomic E-state index is 12.7. The van der Waals surface area contributed by atoms with Gasteiger partial charge in [-0.05, 0) is 37.1 Å². The molecule has 1 saturated heterocycles. The van der Waals surface area contributed by atoms with E-state index in [9.17, 15) is 4.79 Å². The SMILES string of the molecule is Cc1c[nH]c2ncnc(N3CCN(C(=O)Nc4ccc(CN)cc4)[C@@H](C)C3)c12. The quantitative estimate of drug-likeness (QED) is 0.649. The number of hydrogen-bond donors (Lipinski definition) is 3. The zero-order valence-corrected chi connectivity index (χ0v) is 16.1. The number of aryl methyl sites for hydroxylation is 1. The normalized spacial score (nSPS) is 17.2. The van der Waals surface area contributed by atoms with Crippen LogP contribution in [0.15, 0.2) is 36.8 Å². The highest BCUT2D eigenvalue weighted by atomic mass is 16.2. The van der Waals surface area contributed by atoms with E-state index in [1.807, 2.05) is 35.4 Å². The highest BCUT2D eigenvalue weighted by Gasteiger charge is 2.29. The summed E-state index contributed by atoms with van der Waals surface area (Å²) in [5.74, 6) is 0.924. The highest BCUT2D eigenvalue weighted by Crippen LogP contribution is 2.27. The third kappa shape index (κ3) is 3.38. The van der Waals surface area contributed by atoms with Crippen LogP contribution in [0, 0.1) is 6.92 Å². The minimum Gasteiger partial charge on any atom is -0.352 e. The first-order valence-electron chi connectivity index (χ1n) is 9.47. The Morgan fingerprint density at radius 2 is 2.07 bits per heavy atom. The van der Waals surface area contributed by atoms with Crippen LogP contribution < -0.4 is 16.0 Å². The van der Waals surface area contributed by atoms with Gasteiger partial charge in [-0.1, -0.05) is 12.1 Å². The number of fused-ring (bicyclic) bond motifs is 1. The molecule has 1 aliphatic rings. The Bertz CT molecular complexity index is 982. The molecule has 1 fully saturated rings. The van der Waals surface area contributed by atoms with Crippen molar-refractivity contribution in [2.45, 2.75) is 26.4 Å². The van der Waals surface area contributed by atoms with Crippen LogP contribution in [0.1, 0.15) is 18.1 Å². The zero-order chi connectivity index (χ0) is 19.7. The molecule has 8 heteroatoms. The molecular formula is C20H25N7O. The standard InChI is InChI=1S/C20H25N7O/c1-13-10-22-18-17(13)19(24-12-23-18)26-7-8-27(14(2)11-26)20(28)25-16-5-3-15(9-21)4-6-16/h3-6,10,12,14H,7-9,11,21H2,1-2H3,(H,25,28)(H,22,23,24)/t14-/m0/s1. The maximum Gasteiger partial charge on any atom is 0.322 e. The summed E-state index contributed by atoms with van der Waals surface area (Å²) in [5.41, 5.74) is 9.40. The lowest BCUT2D eigenvalue weighted by Crippen LogP contribution is -2.55. The second-order valence-corrected chi connectivity index (χ2v) is 7.21. The first-order chi connectivity index (χ1) is 13.6. The zero-order valence-electron chi connectivity index (χ0n) is 16.1. The number of benzene rings is 1. The van der Waals surface area contributed by atoms with Gasteiger partial charge in [-0.2, -0.15) is 0 Å². The third-order valence-corrected chi connectivity index (χ3v) is 5.28. The summed E-state index contributed by atoms with van der Waals surface area (Å²) < 4.78 is 0. The van der Waals surface area contributed by atoms with Crippen molar-refractivity contribution in [1.29, 1.82) is 0 Å². The molecule has 2 amide bonds. The van der Waals surface area contributed by atoms with Crippen molar-refractivity contribution in [1.82, 2.24) is 19.9 Å². The van der Waals surface area contributed by atoms with Gasteiger partial charge in [0.1, 0.15) is 17.8 Å². The number of nitrogens with one attached hydrogen (secondary N) is 2. The van der Waals surface area contributed by atoms with Crippen LogP contribution >= 0.6 is 0 Å². The number of anilines is 2. The number of carbonyl (C=O) groups excluding carboxylic acids is 1. The number of aromatic amines is 1. The lowest BCUT2D eigenvalue weighted by Gasteiger charge is -2.40. The summed E-state index contributed by atoms with van der Waals surface area (Å²) in [5, 5.41) is 4.03. The van der Waals surface area contributed by atoms with Crippen LogP contribution in [0.2, 0.25) is 0 Å². The second kappa shape index (κ2) is 7.47. The Hall–Kier alpha value is -3.13. The molecule has 0 aliphatic carbocycles. The van der Waals surface area contributed by atoms with Crippen LogP contribution in [0.4, 0.5) is 16.3 Å². The number of carbonyl (C=O) groups is 1. The third-order valence-electron chi connectivity index (χ3n) is 5.28. The summed E-state index contributed by atoms with van der Waals surface area (Å²) in [7, 11) is 0. The molecule has 0 bridgehead atoms. The van der Waals surface area contributed by atoms with Crippen molar-refractivity contribution < 1.29 is 4.79 Å². The number of rotatable bonds is 3. The fourth-order valence-electron chi connectivity index (χ4n) is 3.71. The predicted molar refractivity (Wildman–Crippen MR) is 110 cm³/mol. The van der Waals surface area contributed by atoms with E-state index in [4.69, 9.17) is 5.73 Å². The van der Waals surface area contributed by atoms with Crippen molar-refractivity contribution >= 4 is 28.6 Å². The summed E-state index contributed by atoms with van der Waals surface area (Å²) in [6, 6.07) is 7.59. The number of H-pyrrole nitrogens is 1. The van der Waals surface area contributed by atoms with Crippen LogP contribution in [-0.2, 0) is 6.54 Å². The van der Waals surface area contributed by atoms with Crippen molar-refractivity contribution in [2.24, 2.45) is 5.73 Å². The lowest BCUT2D eigenvalue weighted by molar-refractivity contribution is 0.184. The van der Waals surface area contributed by atoms with Gasteiger partial charge in [0.15, 0.2) is 0 Å². The maximum absolute atomic E-state index is 12.7. The Labute approximate surface area is 163 Å². The van der Waals surface area contributed by atoms with Crippen LogP contribution in [0.25, 0.3) is 11.0 Å². The van der Waals surface area contributed by atoms with Gasteiger partial charge in [0, 0.05) is 44.1 Å². The molecular weight excluding hydrogens is 354 g/mol. The fraction of sp³-hybridized carbons (Fsp3) is 0.350. The number of piperazine rings is 1. The molecule has 1 aliphatic heterocycles. The number of aromatic nitrogens is 3. The summed E-state index contributed by atoms with van der Waals surface area (Å²) in [6.45, 7) is 6.67.